The Balaban J connectivity index is 4.54. The summed E-state index contributed by atoms with van der Waals surface area (Å²) >= 11 is 0. The van der Waals surface area contributed by atoms with Gasteiger partial charge in [0.2, 0.25) is 0 Å². The van der Waals surface area contributed by atoms with Crippen molar-refractivity contribution in [1.29, 1.82) is 0 Å². The van der Waals surface area contributed by atoms with Crippen LogP contribution in [-0.4, -0.2) is 29.7 Å². The van der Waals surface area contributed by atoms with Crippen molar-refractivity contribution in [2.24, 2.45) is 0 Å². The van der Waals surface area contributed by atoms with Gasteiger partial charge < -0.3 is 4.48 Å². The van der Waals surface area contributed by atoms with E-state index in [1.54, 1.807) is 0 Å². The molecule has 0 rings (SSSR count). The average molecular weight is 158 g/mol. The van der Waals surface area contributed by atoms with Gasteiger partial charge in [0, 0.05) is 0 Å². The molecular weight excluding hydrogens is 134 g/mol. The predicted octanol–water partition coefficient (Wildman–Crippen LogP) is 2.66. The van der Waals surface area contributed by atoms with Crippen molar-refractivity contribution >= 4 is 0 Å². The summed E-state index contributed by atoms with van der Waals surface area (Å²) in [6.07, 6.45) is 0. The number of hydrogen-bond donors (Lipinski definition) is 0. The van der Waals surface area contributed by atoms with Gasteiger partial charge in [0.1, 0.15) is 0 Å². The molecule has 0 aliphatic carbocycles. The lowest BCUT2D eigenvalue weighted by atomic mass is 10.0. The summed E-state index contributed by atoms with van der Waals surface area (Å²) < 4.78 is 1.23. The first-order chi connectivity index (χ1) is 4.93. The Kier molecular flexibility index (Phi) is 3.56. The molecule has 0 aromatic carbocycles. The van der Waals surface area contributed by atoms with E-state index in [1.807, 2.05) is 0 Å². The third kappa shape index (κ3) is 1.96. The lowest BCUT2D eigenvalue weighted by Gasteiger charge is -2.47. The van der Waals surface area contributed by atoms with E-state index < -0.39 is 0 Å². The van der Waals surface area contributed by atoms with Crippen LogP contribution < -0.4 is 0 Å². The van der Waals surface area contributed by atoms with E-state index in [9.17, 15) is 0 Å². The summed E-state index contributed by atoms with van der Waals surface area (Å²) in [6.45, 7) is 17.6. The van der Waals surface area contributed by atoms with E-state index in [2.05, 4.69) is 41.5 Å². The molecule has 0 fully saturated rings. The van der Waals surface area contributed by atoms with Crippen molar-refractivity contribution in [2.45, 2.75) is 47.1 Å². The van der Waals surface area contributed by atoms with E-state index in [4.69, 9.17) is 0 Å². The second-order valence-electron chi connectivity index (χ2n) is 4.26. The Morgan fingerprint density at radius 2 is 1.09 bits per heavy atom. The maximum absolute atomic E-state index is 2.34. The third-order valence-corrected chi connectivity index (χ3v) is 3.24. The average Bonchev–Trinajstić information content (AvgIpc) is 1.90. The van der Waals surface area contributed by atoms with E-state index in [0.29, 0.717) is 5.54 Å². The zero-order chi connectivity index (χ0) is 9.12. The van der Waals surface area contributed by atoms with E-state index in [1.165, 1.54) is 24.1 Å². The van der Waals surface area contributed by atoms with Crippen LogP contribution >= 0.6 is 0 Å². The van der Waals surface area contributed by atoms with Crippen molar-refractivity contribution in [3.8, 4) is 0 Å². The van der Waals surface area contributed by atoms with Gasteiger partial charge in [-0.05, 0) is 41.5 Å². The van der Waals surface area contributed by atoms with Crippen LogP contribution in [0.1, 0.15) is 41.5 Å². The Hall–Kier alpha value is -0.0400. The molecule has 0 aromatic heterocycles. The molecule has 1 heteroatoms. The fourth-order valence-corrected chi connectivity index (χ4v) is 2.09. The quantitative estimate of drug-likeness (QED) is 0.554. The SMILES string of the molecule is CC[N+](CC)(CC)C(C)(C)C. The van der Waals surface area contributed by atoms with E-state index in [-0.39, 0.29) is 0 Å². The summed E-state index contributed by atoms with van der Waals surface area (Å²) in [5.74, 6) is 0. The summed E-state index contributed by atoms with van der Waals surface area (Å²) in [7, 11) is 0. The first-order valence-corrected chi connectivity index (χ1v) is 4.79. The highest BCUT2D eigenvalue weighted by atomic mass is 15.4. The highest BCUT2D eigenvalue weighted by Gasteiger charge is 2.35. The topological polar surface area (TPSA) is 0 Å². The Labute approximate surface area is 72.0 Å². The Bertz CT molecular complexity index is 98.3. The number of nitrogens with zero attached hydrogens (tertiary/aromatic N) is 1. The van der Waals surface area contributed by atoms with Crippen LogP contribution in [0.4, 0.5) is 0 Å². The minimum atomic E-state index is 0.401. The minimum Gasteiger partial charge on any atom is -0.320 e. The molecule has 0 aliphatic heterocycles. The molecule has 0 spiro atoms. The van der Waals surface area contributed by atoms with Crippen LogP contribution in [0.25, 0.3) is 0 Å². The van der Waals surface area contributed by atoms with Crippen molar-refractivity contribution in [3.05, 3.63) is 0 Å². The van der Waals surface area contributed by atoms with Crippen LogP contribution in [0.15, 0.2) is 0 Å². The fraction of sp³-hybridized carbons (Fsp3) is 1.00. The van der Waals surface area contributed by atoms with Gasteiger partial charge in [-0.2, -0.15) is 0 Å². The number of rotatable bonds is 3. The monoisotopic (exact) mass is 158 g/mol. The van der Waals surface area contributed by atoms with Crippen LogP contribution in [-0.2, 0) is 0 Å². The summed E-state index contributed by atoms with van der Waals surface area (Å²) in [4.78, 5) is 0. The molecule has 0 atom stereocenters. The smallest absolute Gasteiger partial charge is 0.0907 e. The molecule has 11 heavy (non-hydrogen) atoms. The van der Waals surface area contributed by atoms with Gasteiger partial charge in [0.25, 0.3) is 0 Å². The second-order valence-corrected chi connectivity index (χ2v) is 4.26. The van der Waals surface area contributed by atoms with Crippen molar-refractivity contribution in [1.82, 2.24) is 0 Å². The molecule has 0 bridgehead atoms. The van der Waals surface area contributed by atoms with Gasteiger partial charge in [0.15, 0.2) is 0 Å². The maximum Gasteiger partial charge on any atom is 0.0907 e. The van der Waals surface area contributed by atoms with Crippen molar-refractivity contribution in [3.63, 3.8) is 0 Å². The summed E-state index contributed by atoms with van der Waals surface area (Å²) in [5.41, 5.74) is 0.401. The van der Waals surface area contributed by atoms with Crippen molar-refractivity contribution in [2.75, 3.05) is 19.6 Å². The zero-order valence-electron chi connectivity index (χ0n) is 9.07. The largest absolute Gasteiger partial charge is 0.320 e. The standard InChI is InChI=1S/C10H24N/c1-7-11(8-2,9-3)10(4,5)6/h7-9H2,1-6H3/q+1. The summed E-state index contributed by atoms with van der Waals surface area (Å²) in [6, 6.07) is 0. The molecule has 0 saturated carbocycles. The Morgan fingerprint density at radius 1 is 0.818 bits per heavy atom. The first kappa shape index (κ1) is 11.0. The van der Waals surface area contributed by atoms with Crippen LogP contribution in [0, 0.1) is 0 Å². The highest BCUT2D eigenvalue weighted by Crippen LogP contribution is 2.23. The lowest BCUT2D eigenvalue weighted by molar-refractivity contribution is -0.966. The summed E-state index contributed by atoms with van der Waals surface area (Å²) in [5, 5.41) is 0. The fourth-order valence-electron chi connectivity index (χ4n) is 2.09. The van der Waals surface area contributed by atoms with Crippen molar-refractivity contribution < 1.29 is 4.48 Å². The minimum absolute atomic E-state index is 0.401. The molecule has 0 radical (unpaired) electrons. The van der Waals surface area contributed by atoms with Gasteiger partial charge in [-0.15, -0.1) is 0 Å². The molecule has 0 aliphatic rings. The zero-order valence-corrected chi connectivity index (χ0v) is 9.07. The van der Waals surface area contributed by atoms with Gasteiger partial charge in [-0.1, -0.05) is 0 Å². The van der Waals surface area contributed by atoms with Crippen LogP contribution in [0.5, 0.6) is 0 Å². The second kappa shape index (κ2) is 3.57. The maximum atomic E-state index is 2.34. The highest BCUT2D eigenvalue weighted by molar-refractivity contribution is 4.62. The lowest BCUT2D eigenvalue weighted by Crippen LogP contribution is -2.59. The number of hydrogen-bond acceptors (Lipinski definition) is 0. The molecule has 0 N–H and O–H groups in total. The normalized spacial score (nSPS) is 13.6. The molecule has 68 valence electrons. The molecule has 0 aromatic rings. The molecule has 0 unspecified atom stereocenters. The first-order valence-electron chi connectivity index (χ1n) is 4.79. The predicted molar refractivity (Wildman–Crippen MR) is 51.6 cm³/mol. The van der Waals surface area contributed by atoms with Crippen LogP contribution in [0.3, 0.4) is 0 Å². The molecular formula is C10H24N+. The Morgan fingerprint density at radius 3 is 1.09 bits per heavy atom. The van der Waals surface area contributed by atoms with Crippen LogP contribution in [0.2, 0.25) is 0 Å². The molecule has 0 heterocycles. The van der Waals surface area contributed by atoms with E-state index >= 15 is 0 Å². The molecule has 0 saturated heterocycles. The van der Waals surface area contributed by atoms with Gasteiger partial charge in [-0.25, -0.2) is 0 Å². The molecule has 1 nitrogen and oxygen atoms in total. The number of quaternary nitrogens is 1. The molecule has 0 amide bonds. The van der Waals surface area contributed by atoms with E-state index in [0.717, 1.165) is 0 Å². The van der Waals surface area contributed by atoms with Gasteiger partial charge in [0.05, 0.1) is 25.2 Å². The third-order valence-electron chi connectivity index (χ3n) is 3.24. The van der Waals surface area contributed by atoms with Gasteiger partial charge >= 0.3 is 0 Å². The van der Waals surface area contributed by atoms with Gasteiger partial charge in [-0.3, -0.25) is 0 Å².